The van der Waals surface area contributed by atoms with Crippen LogP contribution in [0.4, 0.5) is 10.1 Å². The highest BCUT2D eigenvalue weighted by Gasteiger charge is 2.25. The van der Waals surface area contributed by atoms with Gasteiger partial charge in [-0.05, 0) is 43.7 Å². The molecule has 3 aromatic rings. The highest BCUT2D eigenvalue weighted by molar-refractivity contribution is 5.93. The Balaban J connectivity index is 1.31. The van der Waals surface area contributed by atoms with E-state index in [2.05, 4.69) is 10.00 Å². The summed E-state index contributed by atoms with van der Waals surface area (Å²) in [5.74, 6) is -1.04. The smallest absolute Gasteiger partial charge is 0.342 e. The normalized spacial score (nSPS) is 13.8. The number of piperazine rings is 1. The SMILES string of the molecule is Cc1nn(Cc2ccccc2)c(C)c1C(=O)OCC(=O)N1CCN(c2ccc(F)cc2)CC1. The average molecular weight is 451 g/mol. The zero-order valence-electron chi connectivity index (χ0n) is 18.8. The molecule has 0 bridgehead atoms. The van der Waals surface area contributed by atoms with E-state index < -0.39 is 5.97 Å². The number of halogens is 1. The summed E-state index contributed by atoms with van der Waals surface area (Å²) >= 11 is 0. The first-order valence-electron chi connectivity index (χ1n) is 11.0. The monoisotopic (exact) mass is 450 g/mol. The van der Waals surface area contributed by atoms with Gasteiger partial charge >= 0.3 is 5.97 Å². The number of amides is 1. The second-order valence-electron chi connectivity index (χ2n) is 8.11. The van der Waals surface area contributed by atoms with Gasteiger partial charge in [0, 0.05) is 31.9 Å². The molecule has 1 aliphatic rings. The van der Waals surface area contributed by atoms with Gasteiger partial charge in [-0.2, -0.15) is 5.10 Å². The Morgan fingerprint density at radius 3 is 2.30 bits per heavy atom. The van der Waals surface area contributed by atoms with Crippen LogP contribution in [0.5, 0.6) is 0 Å². The van der Waals surface area contributed by atoms with Gasteiger partial charge < -0.3 is 14.5 Å². The van der Waals surface area contributed by atoms with E-state index in [1.165, 1.54) is 12.1 Å². The van der Waals surface area contributed by atoms with Crippen molar-refractivity contribution in [3.05, 3.63) is 82.9 Å². The average Bonchev–Trinajstić information content (AvgIpc) is 3.11. The van der Waals surface area contributed by atoms with E-state index in [9.17, 15) is 14.0 Å². The van der Waals surface area contributed by atoms with Gasteiger partial charge in [0.2, 0.25) is 0 Å². The van der Waals surface area contributed by atoms with E-state index in [4.69, 9.17) is 4.74 Å². The molecule has 0 aliphatic carbocycles. The molecule has 0 radical (unpaired) electrons. The first-order valence-corrected chi connectivity index (χ1v) is 11.0. The molecule has 1 fully saturated rings. The van der Waals surface area contributed by atoms with Crippen LogP contribution in [0, 0.1) is 19.7 Å². The number of hydrogen-bond acceptors (Lipinski definition) is 5. The van der Waals surface area contributed by atoms with Crippen LogP contribution in [-0.4, -0.2) is 59.3 Å². The topological polar surface area (TPSA) is 67.7 Å². The molecule has 2 heterocycles. The number of anilines is 1. The van der Waals surface area contributed by atoms with Crippen molar-refractivity contribution in [1.82, 2.24) is 14.7 Å². The largest absolute Gasteiger partial charge is 0.452 e. The number of rotatable bonds is 6. The summed E-state index contributed by atoms with van der Waals surface area (Å²) < 4.78 is 20.3. The fourth-order valence-corrected chi connectivity index (χ4v) is 4.06. The summed E-state index contributed by atoms with van der Waals surface area (Å²) in [6.07, 6.45) is 0. The van der Waals surface area contributed by atoms with Crippen molar-refractivity contribution < 1.29 is 18.7 Å². The van der Waals surface area contributed by atoms with Gasteiger partial charge in [0.05, 0.1) is 17.9 Å². The van der Waals surface area contributed by atoms with Gasteiger partial charge in [0.15, 0.2) is 6.61 Å². The second kappa shape index (κ2) is 9.85. The number of carbonyl (C=O) groups excluding carboxylic acids is 2. The van der Waals surface area contributed by atoms with Crippen LogP contribution in [-0.2, 0) is 16.1 Å². The third-order valence-electron chi connectivity index (χ3n) is 5.91. The standard InChI is InChI=1S/C25H27FN4O3/c1-18-24(19(2)30(27-18)16-20-6-4-3-5-7-20)25(32)33-17-23(31)29-14-12-28(13-15-29)22-10-8-21(26)9-11-22/h3-11H,12-17H2,1-2H3. The lowest BCUT2D eigenvalue weighted by atomic mass is 10.2. The number of ether oxygens (including phenoxy) is 1. The Morgan fingerprint density at radius 2 is 1.64 bits per heavy atom. The van der Waals surface area contributed by atoms with E-state index in [1.54, 1.807) is 28.6 Å². The third kappa shape index (κ3) is 5.22. The Labute approximate surface area is 192 Å². The number of benzene rings is 2. The van der Waals surface area contributed by atoms with E-state index in [-0.39, 0.29) is 18.3 Å². The van der Waals surface area contributed by atoms with Crippen molar-refractivity contribution in [3.63, 3.8) is 0 Å². The lowest BCUT2D eigenvalue weighted by Gasteiger charge is -2.36. The molecule has 1 saturated heterocycles. The predicted molar refractivity (Wildman–Crippen MR) is 123 cm³/mol. The van der Waals surface area contributed by atoms with Crippen LogP contribution in [0.25, 0.3) is 0 Å². The summed E-state index contributed by atoms with van der Waals surface area (Å²) in [5, 5.41) is 4.48. The zero-order chi connectivity index (χ0) is 23.4. The summed E-state index contributed by atoms with van der Waals surface area (Å²) in [6.45, 7) is 6.14. The van der Waals surface area contributed by atoms with Gasteiger partial charge in [-0.3, -0.25) is 9.48 Å². The highest BCUT2D eigenvalue weighted by Crippen LogP contribution is 2.18. The van der Waals surface area contributed by atoms with Gasteiger partial charge in [-0.15, -0.1) is 0 Å². The number of nitrogens with zero attached hydrogens (tertiary/aromatic N) is 4. The lowest BCUT2D eigenvalue weighted by molar-refractivity contribution is -0.134. The van der Waals surface area contributed by atoms with Crippen molar-refractivity contribution in [1.29, 1.82) is 0 Å². The summed E-state index contributed by atoms with van der Waals surface area (Å²) in [6, 6.07) is 16.2. The summed E-state index contributed by atoms with van der Waals surface area (Å²) in [4.78, 5) is 29.1. The Bertz CT molecular complexity index is 1120. The van der Waals surface area contributed by atoms with E-state index in [1.807, 2.05) is 37.3 Å². The first kappa shape index (κ1) is 22.5. The van der Waals surface area contributed by atoms with Gasteiger partial charge in [-0.1, -0.05) is 30.3 Å². The number of aryl methyl sites for hydroxylation is 1. The van der Waals surface area contributed by atoms with Crippen molar-refractivity contribution in [2.45, 2.75) is 20.4 Å². The second-order valence-corrected chi connectivity index (χ2v) is 8.11. The molecule has 8 heteroatoms. The van der Waals surface area contributed by atoms with Crippen molar-refractivity contribution in [2.75, 3.05) is 37.7 Å². The number of aromatic nitrogens is 2. The fraction of sp³-hybridized carbons (Fsp3) is 0.320. The molecule has 0 atom stereocenters. The quantitative estimate of drug-likeness (QED) is 0.540. The molecule has 2 aromatic carbocycles. The molecule has 0 spiro atoms. The molecule has 172 valence electrons. The maximum absolute atomic E-state index is 13.1. The minimum Gasteiger partial charge on any atom is -0.452 e. The summed E-state index contributed by atoms with van der Waals surface area (Å²) in [5.41, 5.74) is 3.70. The van der Waals surface area contributed by atoms with E-state index in [0.717, 1.165) is 11.3 Å². The number of carbonyl (C=O) groups is 2. The van der Waals surface area contributed by atoms with Crippen LogP contribution in [0.1, 0.15) is 27.3 Å². The van der Waals surface area contributed by atoms with Gasteiger partial charge in [0.25, 0.3) is 5.91 Å². The van der Waals surface area contributed by atoms with Crippen LogP contribution in [0.2, 0.25) is 0 Å². The zero-order valence-corrected chi connectivity index (χ0v) is 18.8. The maximum atomic E-state index is 13.1. The highest BCUT2D eigenvalue weighted by atomic mass is 19.1. The molecule has 33 heavy (non-hydrogen) atoms. The molecule has 1 aliphatic heterocycles. The predicted octanol–water partition coefficient (Wildman–Crippen LogP) is 3.19. The van der Waals surface area contributed by atoms with Crippen LogP contribution >= 0.6 is 0 Å². The van der Waals surface area contributed by atoms with Crippen LogP contribution in [0.3, 0.4) is 0 Å². The van der Waals surface area contributed by atoms with Crippen molar-refractivity contribution >= 4 is 17.6 Å². The fourth-order valence-electron chi connectivity index (χ4n) is 4.06. The molecule has 7 nitrogen and oxygen atoms in total. The molecule has 0 unspecified atom stereocenters. The van der Waals surface area contributed by atoms with Crippen LogP contribution < -0.4 is 4.90 Å². The summed E-state index contributed by atoms with van der Waals surface area (Å²) in [7, 11) is 0. The van der Waals surface area contributed by atoms with Crippen molar-refractivity contribution in [3.8, 4) is 0 Å². The molecule has 0 N–H and O–H groups in total. The molecule has 1 aromatic heterocycles. The Hall–Kier alpha value is -3.68. The number of hydrogen-bond donors (Lipinski definition) is 0. The minimum atomic E-state index is -0.539. The molecule has 1 amide bonds. The maximum Gasteiger partial charge on any atom is 0.342 e. The third-order valence-corrected chi connectivity index (χ3v) is 5.91. The van der Waals surface area contributed by atoms with Crippen molar-refractivity contribution in [2.24, 2.45) is 0 Å². The molecule has 4 rings (SSSR count). The Kier molecular flexibility index (Phi) is 6.72. The molecular formula is C25H27FN4O3. The molecular weight excluding hydrogens is 423 g/mol. The number of esters is 1. The lowest BCUT2D eigenvalue weighted by Crippen LogP contribution is -2.49. The van der Waals surface area contributed by atoms with Gasteiger partial charge in [-0.25, -0.2) is 9.18 Å². The van der Waals surface area contributed by atoms with E-state index in [0.29, 0.717) is 49.7 Å². The van der Waals surface area contributed by atoms with Crippen LogP contribution in [0.15, 0.2) is 54.6 Å². The minimum absolute atomic E-state index is 0.228. The first-order chi connectivity index (χ1) is 15.9. The molecule has 0 saturated carbocycles. The Morgan fingerprint density at radius 1 is 0.970 bits per heavy atom. The van der Waals surface area contributed by atoms with Gasteiger partial charge in [0.1, 0.15) is 11.4 Å². The van der Waals surface area contributed by atoms with E-state index >= 15 is 0 Å².